The Balaban J connectivity index is 1.45. The zero-order valence-electron chi connectivity index (χ0n) is 14.2. The number of rotatable bonds is 6. The standard InChI is InChI=1S/C17H21NO7S/c1-18-13-7-11(8-14(18)16-15(13)25-16)24-17(19)12(9-23-26(20,21)22)10-5-3-2-4-6-10/h2-6,11-16H,7-9H2,1H3,(H,20,21,22)/t11?,12-,13-,14+,15-,16+/m1/s1. The second kappa shape index (κ2) is 6.58. The molecule has 1 aromatic carbocycles. The second-order valence-corrected chi connectivity index (χ2v) is 8.16. The minimum Gasteiger partial charge on any atom is -0.462 e. The van der Waals surface area contributed by atoms with Crippen LogP contribution < -0.4 is 0 Å². The van der Waals surface area contributed by atoms with Gasteiger partial charge in [0.2, 0.25) is 0 Å². The number of epoxide rings is 1. The normalized spacial score (nSPS) is 34.2. The molecular weight excluding hydrogens is 362 g/mol. The van der Waals surface area contributed by atoms with E-state index in [9.17, 15) is 13.2 Å². The van der Waals surface area contributed by atoms with Crippen LogP contribution in [0.25, 0.3) is 0 Å². The molecule has 0 saturated carbocycles. The zero-order chi connectivity index (χ0) is 18.5. The molecule has 0 amide bonds. The lowest BCUT2D eigenvalue weighted by molar-refractivity contribution is -0.156. The van der Waals surface area contributed by atoms with Gasteiger partial charge in [-0.15, -0.1) is 0 Å². The van der Waals surface area contributed by atoms with Crippen LogP contribution in [-0.2, 0) is 28.9 Å². The SMILES string of the molecule is CN1[C@@H]2CC(OC(=O)[C@H](COS(=O)(=O)O)c3ccccc3)C[C@H]1[C@@H]1O[C@@H]12. The molecule has 3 aliphatic rings. The molecule has 2 bridgehead atoms. The van der Waals surface area contributed by atoms with Gasteiger partial charge in [0.05, 0.1) is 6.61 Å². The van der Waals surface area contributed by atoms with Crippen LogP contribution in [-0.4, -0.2) is 67.9 Å². The summed E-state index contributed by atoms with van der Waals surface area (Å²) in [5.41, 5.74) is 0.572. The van der Waals surface area contributed by atoms with Crippen LogP contribution >= 0.6 is 0 Å². The van der Waals surface area contributed by atoms with Crippen LogP contribution in [0.5, 0.6) is 0 Å². The van der Waals surface area contributed by atoms with Crippen molar-refractivity contribution >= 4 is 16.4 Å². The Morgan fingerprint density at radius 3 is 2.46 bits per heavy atom. The molecule has 3 heterocycles. The Morgan fingerprint density at radius 1 is 1.27 bits per heavy atom. The molecule has 3 saturated heterocycles. The number of piperidine rings is 1. The predicted molar refractivity (Wildman–Crippen MR) is 89.8 cm³/mol. The maximum atomic E-state index is 12.7. The summed E-state index contributed by atoms with van der Waals surface area (Å²) in [6.07, 6.45) is 1.63. The second-order valence-electron chi connectivity index (χ2n) is 7.07. The molecule has 1 unspecified atom stereocenters. The van der Waals surface area contributed by atoms with Crippen LogP contribution in [0.1, 0.15) is 24.3 Å². The number of carbonyl (C=O) groups is 1. The number of likely N-dealkylation sites (N-methyl/N-ethyl adjacent to an activating group) is 1. The first-order chi connectivity index (χ1) is 12.3. The van der Waals surface area contributed by atoms with Gasteiger partial charge in [0, 0.05) is 24.9 Å². The van der Waals surface area contributed by atoms with Gasteiger partial charge < -0.3 is 9.47 Å². The van der Waals surface area contributed by atoms with E-state index in [0.29, 0.717) is 18.4 Å². The van der Waals surface area contributed by atoms with Gasteiger partial charge >= 0.3 is 16.4 Å². The van der Waals surface area contributed by atoms with Crippen molar-refractivity contribution in [3.8, 4) is 0 Å². The van der Waals surface area contributed by atoms with E-state index >= 15 is 0 Å². The fourth-order valence-corrected chi connectivity index (χ4v) is 4.49. The number of nitrogens with zero attached hydrogens (tertiary/aromatic N) is 1. The smallest absolute Gasteiger partial charge is 0.397 e. The fraction of sp³-hybridized carbons (Fsp3) is 0.588. The highest BCUT2D eigenvalue weighted by atomic mass is 32.3. The van der Waals surface area contributed by atoms with Gasteiger partial charge in [-0.3, -0.25) is 14.2 Å². The van der Waals surface area contributed by atoms with Crippen molar-refractivity contribution < 1.29 is 31.4 Å². The van der Waals surface area contributed by atoms with E-state index in [1.165, 1.54) is 0 Å². The largest absolute Gasteiger partial charge is 0.462 e. The first-order valence-corrected chi connectivity index (χ1v) is 9.94. The van der Waals surface area contributed by atoms with Crippen molar-refractivity contribution in [2.24, 2.45) is 0 Å². The molecule has 3 fully saturated rings. The van der Waals surface area contributed by atoms with E-state index in [0.717, 1.165) is 0 Å². The van der Waals surface area contributed by atoms with Crippen molar-refractivity contribution in [1.82, 2.24) is 4.90 Å². The molecule has 6 atom stereocenters. The Kier molecular flexibility index (Phi) is 4.52. The molecule has 0 aromatic heterocycles. The summed E-state index contributed by atoms with van der Waals surface area (Å²) in [7, 11) is -2.58. The third-order valence-electron chi connectivity index (χ3n) is 5.53. The van der Waals surface area contributed by atoms with Crippen molar-refractivity contribution in [2.75, 3.05) is 13.7 Å². The predicted octanol–water partition coefficient (Wildman–Crippen LogP) is 0.745. The van der Waals surface area contributed by atoms with Gasteiger partial charge in [-0.25, -0.2) is 4.18 Å². The summed E-state index contributed by atoms with van der Waals surface area (Å²) in [6, 6.07) is 9.16. The van der Waals surface area contributed by atoms with Gasteiger partial charge in [-0.2, -0.15) is 8.42 Å². The number of esters is 1. The van der Waals surface area contributed by atoms with Crippen molar-refractivity contribution in [3.05, 3.63) is 35.9 Å². The van der Waals surface area contributed by atoms with Gasteiger partial charge in [-0.05, 0) is 12.6 Å². The molecule has 26 heavy (non-hydrogen) atoms. The fourth-order valence-electron chi connectivity index (χ4n) is 4.18. The maximum absolute atomic E-state index is 12.7. The van der Waals surface area contributed by atoms with Crippen LogP contribution in [0.4, 0.5) is 0 Å². The lowest BCUT2D eigenvalue weighted by Crippen LogP contribution is -2.48. The Labute approximate surface area is 152 Å². The van der Waals surface area contributed by atoms with Crippen LogP contribution in [0.3, 0.4) is 0 Å². The summed E-state index contributed by atoms with van der Waals surface area (Å²) in [4.78, 5) is 15.0. The van der Waals surface area contributed by atoms with Crippen LogP contribution in [0.2, 0.25) is 0 Å². The molecule has 8 nitrogen and oxygen atoms in total. The highest BCUT2D eigenvalue weighted by molar-refractivity contribution is 7.80. The van der Waals surface area contributed by atoms with E-state index < -0.39 is 28.9 Å². The van der Waals surface area contributed by atoms with Crippen LogP contribution in [0.15, 0.2) is 30.3 Å². The number of ether oxygens (including phenoxy) is 2. The third-order valence-corrected chi connectivity index (χ3v) is 5.96. The molecule has 4 rings (SSSR count). The molecule has 1 N–H and O–H groups in total. The van der Waals surface area contributed by atoms with E-state index in [1.54, 1.807) is 30.3 Å². The number of morpholine rings is 1. The Bertz CT molecular complexity index is 766. The van der Waals surface area contributed by atoms with Gasteiger partial charge in [0.1, 0.15) is 24.2 Å². The summed E-state index contributed by atoms with van der Waals surface area (Å²) in [6.45, 7) is -0.504. The highest BCUT2D eigenvalue weighted by Gasteiger charge is 2.62. The first kappa shape index (κ1) is 17.9. The molecule has 3 aliphatic heterocycles. The molecule has 0 radical (unpaired) electrons. The monoisotopic (exact) mass is 383 g/mol. The lowest BCUT2D eigenvalue weighted by Gasteiger charge is -2.38. The van der Waals surface area contributed by atoms with Crippen molar-refractivity contribution in [3.63, 3.8) is 0 Å². The van der Waals surface area contributed by atoms with E-state index in [-0.39, 0.29) is 30.4 Å². The number of hydrogen-bond donors (Lipinski definition) is 1. The summed E-state index contributed by atoms with van der Waals surface area (Å²) < 4.78 is 46.4. The summed E-state index contributed by atoms with van der Waals surface area (Å²) in [5, 5.41) is 0. The molecular formula is C17H21NO7S. The molecule has 0 aliphatic carbocycles. The maximum Gasteiger partial charge on any atom is 0.397 e. The minimum atomic E-state index is -4.64. The number of carbonyl (C=O) groups excluding carboxylic acids is 1. The average Bonchev–Trinajstić information content (AvgIpc) is 3.33. The Hall–Kier alpha value is -1.52. The van der Waals surface area contributed by atoms with Crippen molar-refractivity contribution in [1.29, 1.82) is 0 Å². The van der Waals surface area contributed by atoms with Gasteiger partial charge in [0.25, 0.3) is 0 Å². The topological polar surface area (TPSA) is 106 Å². The quantitative estimate of drug-likeness (QED) is 0.436. The van der Waals surface area contributed by atoms with E-state index in [4.69, 9.17) is 14.0 Å². The van der Waals surface area contributed by atoms with Gasteiger partial charge in [-0.1, -0.05) is 30.3 Å². The van der Waals surface area contributed by atoms with Crippen molar-refractivity contribution in [2.45, 2.75) is 49.2 Å². The molecule has 142 valence electrons. The van der Waals surface area contributed by atoms with Gasteiger partial charge in [0.15, 0.2) is 0 Å². The molecule has 9 heteroatoms. The molecule has 1 aromatic rings. The average molecular weight is 383 g/mol. The van der Waals surface area contributed by atoms with Crippen LogP contribution in [0, 0.1) is 0 Å². The first-order valence-electron chi connectivity index (χ1n) is 8.58. The lowest BCUT2D eigenvalue weighted by atomic mass is 9.97. The summed E-state index contributed by atoms with van der Waals surface area (Å²) >= 11 is 0. The third kappa shape index (κ3) is 3.49. The molecule has 0 spiro atoms. The number of fused-ring (bicyclic) bond motifs is 5. The number of hydrogen-bond acceptors (Lipinski definition) is 7. The number of benzene rings is 1. The van der Waals surface area contributed by atoms with E-state index in [1.807, 2.05) is 0 Å². The van der Waals surface area contributed by atoms with E-state index in [2.05, 4.69) is 16.1 Å². The highest BCUT2D eigenvalue weighted by Crippen LogP contribution is 2.48. The minimum absolute atomic E-state index is 0.234. The Morgan fingerprint density at radius 2 is 1.88 bits per heavy atom. The summed E-state index contributed by atoms with van der Waals surface area (Å²) in [5.74, 6) is -1.48. The zero-order valence-corrected chi connectivity index (χ0v) is 15.0.